The molecule has 5 heteroatoms. The fourth-order valence-electron chi connectivity index (χ4n) is 1.69. The largest absolute Gasteiger partial charge is 0.303 e. The Morgan fingerprint density at radius 2 is 2.07 bits per heavy atom. The van der Waals surface area contributed by atoms with Gasteiger partial charge in [0, 0.05) is 24.8 Å². The summed E-state index contributed by atoms with van der Waals surface area (Å²) >= 11 is 5.75. The topological polar surface area (TPSA) is 41.1 Å². The van der Waals surface area contributed by atoms with Gasteiger partial charge in [-0.2, -0.15) is 4.98 Å². The van der Waals surface area contributed by atoms with E-state index < -0.39 is 0 Å². The number of hydrogen-bond donors (Lipinski definition) is 1. The fourth-order valence-corrected chi connectivity index (χ4v) is 1.82. The number of piperidine rings is 1. The molecule has 0 amide bonds. The first-order valence-corrected chi connectivity index (χ1v) is 5.64. The number of nitrogens with one attached hydrogen (secondary N) is 1. The van der Waals surface area contributed by atoms with Crippen LogP contribution in [0.1, 0.15) is 24.8 Å². The molecule has 4 nitrogen and oxygen atoms in total. The average Bonchev–Trinajstić information content (AvgIpc) is 2.25. The number of aromatic nitrogens is 2. The Kier molecular flexibility index (Phi) is 3.38. The molecule has 0 bridgehead atoms. The molecule has 2 heterocycles. The minimum absolute atomic E-state index is 0.292. The number of hydrogen-bond acceptors (Lipinski definition) is 4. The molecule has 0 unspecified atom stereocenters. The van der Waals surface area contributed by atoms with Crippen LogP contribution in [0.15, 0.2) is 6.20 Å². The molecule has 0 aromatic carbocycles. The van der Waals surface area contributed by atoms with Crippen molar-refractivity contribution in [2.75, 3.05) is 18.5 Å². The minimum atomic E-state index is 0.292. The van der Waals surface area contributed by atoms with Crippen LogP contribution in [-0.4, -0.2) is 28.1 Å². The SMILES string of the molecule is Cc1cnc(Cl)nc1NN1CCCCC1. The van der Waals surface area contributed by atoms with Gasteiger partial charge < -0.3 is 5.43 Å². The van der Waals surface area contributed by atoms with Gasteiger partial charge in [0.05, 0.1) is 0 Å². The van der Waals surface area contributed by atoms with E-state index in [1.165, 1.54) is 19.3 Å². The van der Waals surface area contributed by atoms with Crippen LogP contribution < -0.4 is 5.43 Å². The summed E-state index contributed by atoms with van der Waals surface area (Å²) in [7, 11) is 0. The molecule has 1 aliphatic rings. The van der Waals surface area contributed by atoms with E-state index in [-0.39, 0.29) is 0 Å². The Balaban J connectivity index is 2.05. The molecule has 0 aliphatic carbocycles. The van der Waals surface area contributed by atoms with Crippen LogP contribution in [0.2, 0.25) is 5.28 Å². The summed E-state index contributed by atoms with van der Waals surface area (Å²) in [6.45, 7) is 4.12. The maximum atomic E-state index is 5.75. The van der Waals surface area contributed by atoms with E-state index in [1.54, 1.807) is 6.20 Å². The highest BCUT2D eigenvalue weighted by Gasteiger charge is 2.11. The molecule has 0 radical (unpaired) electrons. The first-order chi connectivity index (χ1) is 7.25. The lowest BCUT2D eigenvalue weighted by Crippen LogP contribution is -2.35. The van der Waals surface area contributed by atoms with Crippen molar-refractivity contribution in [3.05, 3.63) is 17.0 Å². The maximum absolute atomic E-state index is 5.75. The first-order valence-electron chi connectivity index (χ1n) is 5.26. The van der Waals surface area contributed by atoms with E-state index in [0.717, 1.165) is 24.5 Å². The second-order valence-electron chi connectivity index (χ2n) is 3.83. The lowest BCUT2D eigenvalue weighted by molar-refractivity contribution is 0.272. The second kappa shape index (κ2) is 4.77. The van der Waals surface area contributed by atoms with E-state index in [2.05, 4.69) is 20.4 Å². The minimum Gasteiger partial charge on any atom is -0.303 e. The van der Waals surface area contributed by atoms with Gasteiger partial charge >= 0.3 is 0 Å². The van der Waals surface area contributed by atoms with Crippen molar-refractivity contribution in [2.45, 2.75) is 26.2 Å². The van der Waals surface area contributed by atoms with Crippen LogP contribution in [0.4, 0.5) is 5.82 Å². The molecule has 1 saturated heterocycles. The third-order valence-electron chi connectivity index (χ3n) is 2.56. The number of nitrogens with zero attached hydrogens (tertiary/aromatic N) is 3. The van der Waals surface area contributed by atoms with Crippen LogP contribution in [0, 0.1) is 6.92 Å². The van der Waals surface area contributed by atoms with Crippen molar-refractivity contribution < 1.29 is 0 Å². The zero-order valence-corrected chi connectivity index (χ0v) is 9.59. The van der Waals surface area contributed by atoms with Gasteiger partial charge in [-0.25, -0.2) is 9.99 Å². The quantitative estimate of drug-likeness (QED) is 0.786. The molecule has 2 rings (SSSR count). The lowest BCUT2D eigenvalue weighted by atomic mass is 10.2. The molecule has 0 saturated carbocycles. The van der Waals surface area contributed by atoms with Crippen molar-refractivity contribution in [1.82, 2.24) is 15.0 Å². The van der Waals surface area contributed by atoms with Crippen LogP contribution in [0.3, 0.4) is 0 Å². The maximum Gasteiger partial charge on any atom is 0.224 e. The molecular weight excluding hydrogens is 212 g/mol. The number of hydrazine groups is 1. The zero-order chi connectivity index (χ0) is 10.7. The van der Waals surface area contributed by atoms with Gasteiger partial charge in [0.25, 0.3) is 0 Å². The van der Waals surface area contributed by atoms with Crippen molar-refractivity contribution in [1.29, 1.82) is 0 Å². The number of aryl methyl sites for hydroxylation is 1. The van der Waals surface area contributed by atoms with E-state index in [9.17, 15) is 0 Å². The Bertz CT molecular complexity index is 336. The number of rotatable bonds is 2. The average molecular weight is 227 g/mol. The predicted molar refractivity (Wildman–Crippen MR) is 60.8 cm³/mol. The normalized spacial score (nSPS) is 17.7. The van der Waals surface area contributed by atoms with Gasteiger partial charge in [0.15, 0.2) is 0 Å². The van der Waals surface area contributed by atoms with Crippen LogP contribution in [0.25, 0.3) is 0 Å². The third-order valence-corrected chi connectivity index (χ3v) is 2.74. The van der Waals surface area contributed by atoms with Crippen LogP contribution in [-0.2, 0) is 0 Å². The van der Waals surface area contributed by atoms with Gasteiger partial charge in [-0.05, 0) is 31.4 Å². The zero-order valence-electron chi connectivity index (χ0n) is 8.83. The van der Waals surface area contributed by atoms with Crippen molar-refractivity contribution in [3.8, 4) is 0 Å². The molecule has 0 atom stereocenters. The highest BCUT2D eigenvalue weighted by molar-refractivity contribution is 6.28. The first kappa shape index (κ1) is 10.6. The summed E-state index contributed by atoms with van der Waals surface area (Å²) in [5, 5.41) is 2.48. The molecule has 1 aromatic rings. The van der Waals surface area contributed by atoms with E-state index >= 15 is 0 Å². The van der Waals surface area contributed by atoms with Crippen LogP contribution in [0.5, 0.6) is 0 Å². The van der Waals surface area contributed by atoms with Gasteiger partial charge in [0.1, 0.15) is 5.82 Å². The third kappa shape index (κ3) is 2.79. The molecule has 1 fully saturated rings. The summed E-state index contributed by atoms with van der Waals surface area (Å²) in [4.78, 5) is 8.10. The fraction of sp³-hybridized carbons (Fsp3) is 0.600. The smallest absolute Gasteiger partial charge is 0.224 e. The summed E-state index contributed by atoms with van der Waals surface area (Å²) in [6, 6.07) is 0. The summed E-state index contributed by atoms with van der Waals surface area (Å²) in [5.74, 6) is 0.817. The summed E-state index contributed by atoms with van der Waals surface area (Å²) < 4.78 is 0. The monoisotopic (exact) mass is 226 g/mol. The van der Waals surface area contributed by atoms with E-state index in [0.29, 0.717) is 5.28 Å². The van der Waals surface area contributed by atoms with Crippen molar-refractivity contribution >= 4 is 17.4 Å². The Morgan fingerprint density at radius 1 is 1.33 bits per heavy atom. The van der Waals surface area contributed by atoms with E-state index in [4.69, 9.17) is 11.6 Å². The lowest BCUT2D eigenvalue weighted by Gasteiger charge is -2.27. The van der Waals surface area contributed by atoms with Crippen LogP contribution >= 0.6 is 11.6 Å². The Morgan fingerprint density at radius 3 is 2.80 bits per heavy atom. The number of halogens is 1. The highest BCUT2D eigenvalue weighted by atomic mass is 35.5. The van der Waals surface area contributed by atoms with Gasteiger partial charge in [-0.15, -0.1) is 0 Å². The van der Waals surface area contributed by atoms with Gasteiger partial charge in [0.2, 0.25) is 5.28 Å². The standard InChI is InChI=1S/C10H15ClN4/c1-8-7-12-10(11)13-9(8)14-15-5-3-2-4-6-15/h7H,2-6H2,1H3,(H,12,13,14). The second-order valence-corrected chi connectivity index (χ2v) is 4.17. The molecular formula is C10H15ClN4. The van der Waals surface area contributed by atoms with E-state index in [1.807, 2.05) is 6.92 Å². The summed E-state index contributed by atoms with van der Waals surface area (Å²) in [6.07, 6.45) is 5.54. The van der Waals surface area contributed by atoms with Gasteiger partial charge in [-0.3, -0.25) is 0 Å². The molecule has 15 heavy (non-hydrogen) atoms. The van der Waals surface area contributed by atoms with Gasteiger partial charge in [-0.1, -0.05) is 6.42 Å². The molecule has 1 aromatic heterocycles. The number of anilines is 1. The Labute approximate surface area is 94.6 Å². The molecule has 82 valence electrons. The van der Waals surface area contributed by atoms with Crippen molar-refractivity contribution in [3.63, 3.8) is 0 Å². The molecule has 0 spiro atoms. The molecule has 1 N–H and O–H groups in total. The Hall–Kier alpha value is -0.870. The summed E-state index contributed by atoms with van der Waals surface area (Å²) in [5.41, 5.74) is 4.31. The van der Waals surface area contributed by atoms with Crippen molar-refractivity contribution in [2.24, 2.45) is 0 Å². The molecule has 1 aliphatic heterocycles. The predicted octanol–water partition coefficient (Wildman–Crippen LogP) is 2.25. The highest BCUT2D eigenvalue weighted by Crippen LogP contribution is 2.15.